The molecule has 0 fully saturated rings. The number of terminal acetylenes is 1. The van der Waals surface area contributed by atoms with Crippen molar-refractivity contribution in [2.45, 2.75) is 6.42 Å². The number of hydrogen-bond donors (Lipinski definition) is 1. The van der Waals surface area contributed by atoms with Gasteiger partial charge in [-0.25, -0.2) is 4.39 Å². The monoisotopic (exact) mass is 262 g/mol. The van der Waals surface area contributed by atoms with Crippen LogP contribution in [-0.2, 0) is 6.42 Å². The van der Waals surface area contributed by atoms with Gasteiger partial charge in [0, 0.05) is 12.0 Å². The van der Waals surface area contributed by atoms with Crippen molar-refractivity contribution in [3.8, 4) is 18.1 Å². The third-order valence-corrected chi connectivity index (χ3v) is 2.66. The fraction of sp³-hybridized carbons (Fsp3) is 0.111. The van der Waals surface area contributed by atoms with Gasteiger partial charge in [0.2, 0.25) is 0 Å². The molecule has 1 nitrogen and oxygen atoms in total. The molecule has 0 amide bonds. The van der Waals surface area contributed by atoms with Gasteiger partial charge in [0.1, 0.15) is 11.6 Å². The molecule has 0 unspecified atom stereocenters. The highest BCUT2D eigenvalue weighted by molar-refractivity contribution is 9.10. The van der Waals surface area contributed by atoms with Crippen LogP contribution in [0.5, 0.6) is 5.75 Å². The van der Waals surface area contributed by atoms with Crippen LogP contribution >= 0.6 is 27.5 Å². The molecular formula is C9H5BrClFO. The Morgan fingerprint density at radius 2 is 2.31 bits per heavy atom. The van der Waals surface area contributed by atoms with Crippen molar-refractivity contribution in [2.24, 2.45) is 0 Å². The van der Waals surface area contributed by atoms with Gasteiger partial charge in [-0.05, 0) is 22.0 Å². The van der Waals surface area contributed by atoms with E-state index in [-0.39, 0.29) is 21.7 Å². The molecular weight excluding hydrogens is 258 g/mol. The Morgan fingerprint density at radius 1 is 1.69 bits per heavy atom. The maximum Gasteiger partial charge on any atom is 0.139 e. The van der Waals surface area contributed by atoms with E-state index in [2.05, 4.69) is 21.9 Å². The van der Waals surface area contributed by atoms with Crippen LogP contribution in [0.25, 0.3) is 0 Å². The van der Waals surface area contributed by atoms with E-state index in [0.29, 0.717) is 5.56 Å². The lowest BCUT2D eigenvalue weighted by atomic mass is 10.1. The molecule has 0 atom stereocenters. The van der Waals surface area contributed by atoms with Crippen molar-refractivity contribution in [1.29, 1.82) is 0 Å². The number of halogens is 3. The molecule has 1 aromatic rings. The van der Waals surface area contributed by atoms with E-state index in [1.54, 1.807) is 0 Å². The van der Waals surface area contributed by atoms with Gasteiger partial charge in [-0.2, -0.15) is 0 Å². The number of phenols is 1. The summed E-state index contributed by atoms with van der Waals surface area (Å²) in [4.78, 5) is 0. The minimum Gasteiger partial charge on any atom is -0.506 e. The van der Waals surface area contributed by atoms with Gasteiger partial charge >= 0.3 is 0 Å². The SMILES string of the molecule is C#CCc1c(O)c(Cl)cc(F)c1Br. The molecule has 0 aliphatic heterocycles. The number of benzene rings is 1. The average Bonchev–Trinajstić information content (AvgIpc) is 2.09. The Kier molecular flexibility index (Phi) is 3.18. The highest BCUT2D eigenvalue weighted by Gasteiger charge is 2.13. The summed E-state index contributed by atoms with van der Waals surface area (Å²) >= 11 is 8.52. The Morgan fingerprint density at radius 3 is 2.85 bits per heavy atom. The van der Waals surface area contributed by atoms with Crippen LogP contribution in [0, 0.1) is 18.2 Å². The van der Waals surface area contributed by atoms with Crippen LogP contribution in [0.2, 0.25) is 5.02 Å². The normalized spacial score (nSPS) is 9.69. The van der Waals surface area contributed by atoms with Gasteiger partial charge in [-0.1, -0.05) is 11.6 Å². The smallest absolute Gasteiger partial charge is 0.139 e. The minimum absolute atomic E-state index is 0.0362. The van der Waals surface area contributed by atoms with E-state index in [0.717, 1.165) is 6.07 Å². The lowest BCUT2D eigenvalue weighted by molar-refractivity contribution is 0.466. The molecule has 4 heteroatoms. The maximum atomic E-state index is 13.0. The Hall–Kier alpha value is -0.720. The molecule has 0 aliphatic rings. The topological polar surface area (TPSA) is 20.2 Å². The van der Waals surface area contributed by atoms with Crippen LogP contribution in [0.15, 0.2) is 10.5 Å². The maximum absolute atomic E-state index is 13.0. The second-order valence-electron chi connectivity index (χ2n) is 2.36. The Labute approximate surface area is 88.7 Å². The van der Waals surface area contributed by atoms with E-state index in [1.807, 2.05) is 0 Å². The number of hydrogen-bond acceptors (Lipinski definition) is 1. The van der Waals surface area contributed by atoms with Gasteiger partial charge in [0.05, 0.1) is 9.50 Å². The standard InChI is InChI=1S/C9H5BrClFO/c1-2-3-5-8(10)7(12)4-6(11)9(5)13/h1,4,13H,3H2. The molecule has 0 aliphatic carbocycles. The van der Waals surface area contributed by atoms with E-state index in [9.17, 15) is 9.50 Å². The second-order valence-corrected chi connectivity index (χ2v) is 3.56. The summed E-state index contributed by atoms with van der Waals surface area (Å²) in [6.45, 7) is 0. The van der Waals surface area contributed by atoms with Crippen LogP contribution in [0.4, 0.5) is 4.39 Å². The number of aromatic hydroxyl groups is 1. The van der Waals surface area contributed by atoms with Crippen LogP contribution in [0.1, 0.15) is 5.56 Å². The third-order valence-electron chi connectivity index (χ3n) is 1.52. The van der Waals surface area contributed by atoms with E-state index < -0.39 is 5.82 Å². The van der Waals surface area contributed by atoms with Gasteiger partial charge < -0.3 is 5.11 Å². The van der Waals surface area contributed by atoms with Crippen molar-refractivity contribution < 1.29 is 9.50 Å². The molecule has 68 valence electrons. The van der Waals surface area contributed by atoms with E-state index in [4.69, 9.17) is 18.0 Å². The van der Waals surface area contributed by atoms with Gasteiger partial charge in [-0.3, -0.25) is 0 Å². The Balaban J connectivity index is 3.39. The molecule has 0 spiro atoms. The van der Waals surface area contributed by atoms with Crippen LogP contribution in [-0.4, -0.2) is 5.11 Å². The van der Waals surface area contributed by atoms with Gasteiger partial charge in [-0.15, -0.1) is 12.3 Å². The number of phenolic OH excluding ortho intramolecular Hbond substituents is 1. The summed E-state index contributed by atoms with van der Waals surface area (Å²) in [5.41, 5.74) is 0.299. The lowest BCUT2D eigenvalue weighted by Gasteiger charge is -2.06. The first kappa shape index (κ1) is 10.4. The highest BCUT2D eigenvalue weighted by Crippen LogP contribution is 2.35. The third kappa shape index (κ3) is 1.96. The summed E-state index contributed by atoms with van der Waals surface area (Å²) in [7, 11) is 0. The summed E-state index contributed by atoms with van der Waals surface area (Å²) in [5.74, 6) is 1.60. The predicted molar refractivity (Wildman–Crippen MR) is 53.3 cm³/mol. The van der Waals surface area contributed by atoms with Crippen molar-refractivity contribution in [3.05, 3.63) is 26.9 Å². The van der Waals surface area contributed by atoms with Crippen molar-refractivity contribution in [1.82, 2.24) is 0 Å². The zero-order valence-electron chi connectivity index (χ0n) is 6.44. The molecule has 0 bridgehead atoms. The first-order chi connectivity index (χ1) is 6.07. The predicted octanol–water partition coefficient (Wildman–Crippen LogP) is 3.12. The molecule has 1 rings (SSSR count). The summed E-state index contributed by atoms with van der Waals surface area (Å²) in [5, 5.41) is 9.37. The molecule has 1 N–H and O–H groups in total. The summed E-state index contributed by atoms with van der Waals surface area (Å²) in [6, 6.07) is 1.03. The van der Waals surface area contributed by atoms with Crippen LogP contribution < -0.4 is 0 Å². The summed E-state index contributed by atoms with van der Waals surface area (Å²) < 4.78 is 13.2. The van der Waals surface area contributed by atoms with Crippen molar-refractivity contribution in [2.75, 3.05) is 0 Å². The average molecular weight is 263 g/mol. The lowest BCUT2D eigenvalue weighted by Crippen LogP contribution is -1.90. The fourth-order valence-corrected chi connectivity index (χ4v) is 1.55. The van der Waals surface area contributed by atoms with Gasteiger partial charge in [0.15, 0.2) is 0 Å². The molecule has 0 radical (unpaired) electrons. The van der Waals surface area contributed by atoms with E-state index >= 15 is 0 Å². The molecule has 1 aromatic carbocycles. The van der Waals surface area contributed by atoms with Crippen molar-refractivity contribution >= 4 is 27.5 Å². The molecule has 0 saturated heterocycles. The first-order valence-corrected chi connectivity index (χ1v) is 4.53. The quantitative estimate of drug-likeness (QED) is 0.610. The van der Waals surface area contributed by atoms with E-state index in [1.165, 1.54) is 0 Å². The Bertz CT molecular complexity index is 358. The van der Waals surface area contributed by atoms with Crippen molar-refractivity contribution in [3.63, 3.8) is 0 Å². The minimum atomic E-state index is -0.534. The zero-order chi connectivity index (χ0) is 10.0. The van der Waals surface area contributed by atoms with Crippen LogP contribution in [0.3, 0.4) is 0 Å². The zero-order valence-corrected chi connectivity index (χ0v) is 8.78. The molecule has 0 saturated carbocycles. The van der Waals surface area contributed by atoms with Gasteiger partial charge in [0.25, 0.3) is 0 Å². The highest BCUT2D eigenvalue weighted by atomic mass is 79.9. The first-order valence-electron chi connectivity index (χ1n) is 3.36. The number of rotatable bonds is 1. The largest absolute Gasteiger partial charge is 0.506 e. The second kappa shape index (κ2) is 3.99. The molecule has 0 aromatic heterocycles. The fourth-order valence-electron chi connectivity index (χ4n) is 0.899. The summed E-state index contributed by atoms with van der Waals surface area (Å²) in [6.07, 6.45) is 5.18. The molecule has 0 heterocycles. The molecule has 13 heavy (non-hydrogen) atoms.